The summed E-state index contributed by atoms with van der Waals surface area (Å²) in [4.78, 5) is 14.2. The van der Waals surface area contributed by atoms with Crippen LogP contribution in [-0.2, 0) is 11.2 Å². The van der Waals surface area contributed by atoms with Crippen molar-refractivity contribution < 1.29 is 9.53 Å². The number of anilines is 1. The van der Waals surface area contributed by atoms with E-state index in [2.05, 4.69) is 10.2 Å². The van der Waals surface area contributed by atoms with Gasteiger partial charge >= 0.3 is 0 Å². The van der Waals surface area contributed by atoms with Crippen molar-refractivity contribution >= 4 is 23.2 Å². The lowest BCUT2D eigenvalue weighted by atomic mass is 10.1. The van der Waals surface area contributed by atoms with E-state index in [1.807, 2.05) is 48.5 Å². The largest absolute Gasteiger partial charge is 0.490 e. The summed E-state index contributed by atoms with van der Waals surface area (Å²) < 4.78 is 5.60. The lowest BCUT2D eigenvalue weighted by molar-refractivity contribution is -0.119. The van der Waals surface area contributed by atoms with E-state index in [0.29, 0.717) is 19.7 Å². The molecule has 5 heteroatoms. The maximum atomic E-state index is 12.2. The number of fused-ring (bicyclic) bond motifs is 1. The Bertz CT molecular complexity index is 673. The van der Waals surface area contributed by atoms with Crippen molar-refractivity contribution in [3.05, 3.63) is 59.1 Å². The van der Waals surface area contributed by atoms with Crippen molar-refractivity contribution in [1.82, 2.24) is 5.32 Å². The molecule has 0 unspecified atom stereocenters. The number of benzene rings is 2. The molecule has 3 rings (SSSR count). The smallest absolute Gasteiger partial charge is 0.239 e. The van der Waals surface area contributed by atoms with Crippen LogP contribution >= 0.6 is 11.6 Å². The van der Waals surface area contributed by atoms with Crippen LogP contribution in [0.15, 0.2) is 48.5 Å². The van der Waals surface area contributed by atoms with Gasteiger partial charge in [0.1, 0.15) is 12.4 Å². The van der Waals surface area contributed by atoms with Crippen LogP contribution in [0.4, 0.5) is 5.69 Å². The lowest BCUT2D eigenvalue weighted by Gasteiger charge is -2.30. The summed E-state index contributed by atoms with van der Waals surface area (Å²) in [6, 6.07) is 15.5. The van der Waals surface area contributed by atoms with Crippen molar-refractivity contribution in [2.75, 3.05) is 31.1 Å². The molecule has 0 aromatic heterocycles. The maximum absolute atomic E-state index is 12.2. The summed E-state index contributed by atoms with van der Waals surface area (Å²) in [5.74, 6) is 0.864. The van der Waals surface area contributed by atoms with Crippen molar-refractivity contribution in [1.29, 1.82) is 0 Å². The molecule has 1 aliphatic heterocycles. The predicted molar refractivity (Wildman–Crippen MR) is 92.3 cm³/mol. The van der Waals surface area contributed by atoms with Gasteiger partial charge in [-0.25, -0.2) is 0 Å². The number of halogens is 1. The number of amides is 1. The minimum Gasteiger partial charge on any atom is -0.490 e. The highest BCUT2D eigenvalue weighted by atomic mass is 35.5. The van der Waals surface area contributed by atoms with Gasteiger partial charge in [-0.1, -0.05) is 35.9 Å². The minimum atomic E-state index is 0.0238. The molecule has 4 nitrogen and oxygen atoms in total. The number of hydrogen-bond donors (Lipinski definition) is 1. The summed E-state index contributed by atoms with van der Waals surface area (Å²) in [5, 5.41) is 3.70. The molecule has 23 heavy (non-hydrogen) atoms. The van der Waals surface area contributed by atoms with Crippen LogP contribution in [0, 0.1) is 0 Å². The second-order valence-electron chi connectivity index (χ2n) is 5.46. The summed E-state index contributed by atoms with van der Waals surface area (Å²) in [5.41, 5.74) is 2.14. The van der Waals surface area contributed by atoms with Gasteiger partial charge in [-0.15, -0.1) is 0 Å². The molecule has 2 aromatic carbocycles. The Morgan fingerprint density at radius 1 is 1.17 bits per heavy atom. The zero-order valence-electron chi connectivity index (χ0n) is 12.8. The quantitative estimate of drug-likeness (QED) is 0.916. The fourth-order valence-corrected chi connectivity index (χ4v) is 2.74. The molecule has 0 saturated heterocycles. The van der Waals surface area contributed by atoms with Crippen LogP contribution in [0.3, 0.4) is 0 Å². The molecule has 1 heterocycles. The molecule has 120 valence electrons. The number of ether oxygens (including phenoxy) is 1. The highest BCUT2D eigenvalue weighted by molar-refractivity contribution is 6.30. The SMILES string of the molecule is O=C(CN1CCOc2ccccc21)NCCc1ccc(Cl)cc1. The minimum absolute atomic E-state index is 0.0238. The van der Waals surface area contributed by atoms with Crippen molar-refractivity contribution in [2.45, 2.75) is 6.42 Å². The first-order chi connectivity index (χ1) is 11.2. The average Bonchev–Trinajstić information content (AvgIpc) is 2.57. The summed E-state index contributed by atoms with van der Waals surface area (Å²) in [6.07, 6.45) is 0.794. The molecule has 1 aliphatic rings. The molecule has 1 N–H and O–H groups in total. The van der Waals surface area contributed by atoms with Crippen LogP contribution in [0.1, 0.15) is 5.56 Å². The van der Waals surface area contributed by atoms with Gasteiger partial charge < -0.3 is 15.0 Å². The average molecular weight is 331 g/mol. The van der Waals surface area contributed by atoms with Crippen LogP contribution in [0.5, 0.6) is 5.75 Å². The Labute approximate surface area is 141 Å². The van der Waals surface area contributed by atoms with E-state index in [0.717, 1.165) is 35.0 Å². The second-order valence-corrected chi connectivity index (χ2v) is 5.90. The number of hydrogen-bond acceptors (Lipinski definition) is 3. The van der Waals surface area contributed by atoms with E-state index >= 15 is 0 Å². The van der Waals surface area contributed by atoms with Gasteiger partial charge in [-0.3, -0.25) is 4.79 Å². The summed E-state index contributed by atoms with van der Waals surface area (Å²) in [6.45, 7) is 2.30. The van der Waals surface area contributed by atoms with Gasteiger partial charge in [0.15, 0.2) is 0 Å². The van der Waals surface area contributed by atoms with Gasteiger partial charge in [-0.2, -0.15) is 0 Å². The fourth-order valence-electron chi connectivity index (χ4n) is 2.62. The van der Waals surface area contributed by atoms with Gasteiger partial charge in [0.05, 0.1) is 18.8 Å². The van der Waals surface area contributed by atoms with E-state index in [1.54, 1.807) is 0 Å². The normalized spacial score (nSPS) is 13.2. The third-order valence-corrected chi connectivity index (χ3v) is 4.06. The Hall–Kier alpha value is -2.20. The van der Waals surface area contributed by atoms with Gasteiger partial charge in [-0.05, 0) is 36.2 Å². The number of para-hydroxylation sites is 2. The Balaban J connectivity index is 1.49. The van der Waals surface area contributed by atoms with Crippen LogP contribution in [0.25, 0.3) is 0 Å². The van der Waals surface area contributed by atoms with Gasteiger partial charge in [0.2, 0.25) is 5.91 Å². The number of carbonyl (C=O) groups excluding carboxylic acids is 1. The molecule has 0 atom stereocenters. The fraction of sp³-hybridized carbons (Fsp3) is 0.278. The molecule has 0 spiro atoms. The number of carbonyl (C=O) groups is 1. The number of rotatable bonds is 5. The lowest BCUT2D eigenvalue weighted by Crippen LogP contribution is -2.41. The van der Waals surface area contributed by atoms with Gasteiger partial charge in [0, 0.05) is 11.6 Å². The third-order valence-electron chi connectivity index (χ3n) is 3.81. The van der Waals surface area contributed by atoms with E-state index in [4.69, 9.17) is 16.3 Å². The van der Waals surface area contributed by atoms with E-state index in [-0.39, 0.29) is 5.91 Å². The monoisotopic (exact) mass is 330 g/mol. The first-order valence-electron chi connectivity index (χ1n) is 7.70. The maximum Gasteiger partial charge on any atom is 0.239 e. The zero-order valence-corrected chi connectivity index (χ0v) is 13.6. The van der Waals surface area contributed by atoms with Gasteiger partial charge in [0.25, 0.3) is 0 Å². The first-order valence-corrected chi connectivity index (χ1v) is 8.08. The molecular weight excluding hydrogens is 312 g/mol. The Morgan fingerprint density at radius 3 is 2.78 bits per heavy atom. The summed E-state index contributed by atoms with van der Waals surface area (Å²) >= 11 is 5.86. The Morgan fingerprint density at radius 2 is 1.96 bits per heavy atom. The van der Waals surface area contributed by atoms with E-state index in [9.17, 15) is 4.79 Å². The van der Waals surface area contributed by atoms with Crippen molar-refractivity contribution in [3.8, 4) is 5.75 Å². The molecule has 1 amide bonds. The molecule has 0 radical (unpaired) electrons. The standard InChI is InChI=1S/C18H19ClN2O2/c19-15-7-5-14(6-8-15)9-10-20-18(22)13-21-11-12-23-17-4-2-1-3-16(17)21/h1-8H,9-13H2,(H,20,22). The molecule has 0 bridgehead atoms. The van der Waals surface area contributed by atoms with Crippen LogP contribution in [-0.4, -0.2) is 32.1 Å². The highest BCUT2D eigenvalue weighted by Crippen LogP contribution is 2.30. The van der Waals surface area contributed by atoms with E-state index in [1.165, 1.54) is 0 Å². The Kier molecular flexibility index (Phi) is 5.03. The van der Waals surface area contributed by atoms with E-state index < -0.39 is 0 Å². The zero-order chi connectivity index (χ0) is 16.1. The summed E-state index contributed by atoms with van der Waals surface area (Å²) in [7, 11) is 0. The van der Waals surface area contributed by atoms with Crippen LogP contribution < -0.4 is 15.0 Å². The first kappa shape index (κ1) is 15.7. The second kappa shape index (κ2) is 7.38. The third kappa shape index (κ3) is 4.17. The predicted octanol–water partition coefficient (Wildman–Crippen LogP) is 2.90. The van der Waals surface area contributed by atoms with Crippen molar-refractivity contribution in [2.24, 2.45) is 0 Å². The number of nitrogens with zero attached hydrogens (tertiary/aromatic N) is 1. The molecule has 0 saturated carbocycles. The number of nitrogens with one attached hydrogen (secondary N) is 1. The van der Waals surface area contributed by atoms with Crippen molar-refractivity contribution in [3.63, 3.8) is 0 Å². The topological polar surface area (TPSA) is 41.6 Å². The molecular formula is C18H19ClN2O2. The highest BCUT2D eigenvalue weighted by Gasteiger charge is 2.19. The van der Waals surface area contributed by atoms with Crippen LogP contribution in [0.2, 0.25) is 5.02 Å². The molecule has 0 aliphatic carbocycles. The molecule has 0 fully saturated rings. The molecule has 2 aromatic rings.